The van der Waals surface area contributed by atoms with E-state index in [4.69, 9.17) is 17.3 Å². The Kier molecular flexibility index (Phi) is 3.81. The number of hydrogen-bond donors (Lipinski definition) is 1. The third-order valence-electron chi connectivity index (χ3n) is 2.44. The maximum absolute atomic E-state index is 6.12. The van der Waals surface area contributed by atoms with Gasteiger partial charge in [0, 0.05) is 35.2 Å². The highest BCUT2D eigenvalue weighted by atomic mass is 79.9. The van der Waals surface area contributed by atoms with Gasteiger partial charge in [0.2, 0.25) is 0 Å². The van der Waals surface area contributed by atoms with Crippen LogP contribution in [0.2, 0.25) is 5.02 Å². The number of hydrogen-bond acceptors (Lipinski definition) is 3. The monoisotopic (exact) mass is 314 g/mol. The van der Waals surface area contributed by atoms with Crippen LogP contribution in [0, 0.1) is 0 Å². The van der Waals surface area contributed by atoms with E-state index < -0.39 is 0 Å². The minimum atomic E-state index is -0.184. The lowest BCUT2D eigenvalue weighted by atomic mass is 10.0. The second-order valence-corrected chi connectivity index (χ2v) is 5.18. The summed E-state index contributed by atoms with van der Waals surface area (Å²) in [5.41, 5.74) is 7.89. The Morgan fingerprint density at radius 2 is 2.29 bits per heavy atom. The van der Waals surface area contributed by atoms with E-state index in [0.717, 1.165) is 15.7 Å². The maximum Gasteiger partial charge on any atom is 0.0845 e. The largest absolute Gasteiger partial charge is 0.324 e. The number of nitrogens with zero attached hydrogens (tertiary/aromatic N) is 3. The van der Waals surface area contributed by atoms with Crippen LogP contribution in [0.3, 0.4) is 0 Å². The van der Waals surface area contributed by atoms with E-state index in [-0.39, 0.29) is 6.04 Å². The maximum atomic E-state index is 6.12. The number of rotatable bonds is 3. The van der Waals surface area contributed by atoms with Crippen LogP contribution in [-0.4, -0.2) is 15.0 Å². The van der Waals surface area contributed by atoms with Crippen LogP contribution in [0.4, 0.5) is 0 Å². The first kappa shape index (κ1) is 12.5. The van der Waals surface area contributed by atoms with Gasteiger partial charge in [0.05, 0.1) is 5.69 Å². The minimum Gasteiger partial charge on any atom is -0.324 e. The van der Waals surface area contributed by atoms with Gasteiger partial charge in [-0.25, -0.2) is 0 Å². The van der Waals surface area contributed by atoms with Crippen molar-refractivity contribution in [3.63, 3.8) is 0 Å². The molecule has 0 saturated heterocycles. The number of benzene rings is 1. The van der Waals surface area contributed by atoms with Crippen LogP contribution in [0.15, 0.2) is 28.9 Å². The van der Waals surface area contributed by atoms with Gasteiger partial charge in [0.25, 0.3) is 0 Å². The number of halogens is 2. The predicted octanol–water partition coefficient (Wildman–Crippen LogP) is 2.47. The van der Waals surface area contributed by atoms with Gasteiger partial charge >= 0.3 is 0 Å². The Hall–Kier alpha value is -0.910. The molecule has 0 aliphatic rings. The molecule has 0 amide bonds. The molecule has 2 aromatic rings. The van der Waals surface area contributed by atoms with Gasteiger partial charge in [-0.3, -0.25) is 4.68 Å². The molecule has 17 heavy (non-hydrogen) atoms. The summed E-state index contributed by atoms with van der Waals surface area (Å²) >= 11 is 9.53. The third-order valence-corrected chi connectivity index (χ3v) is 3.27. The van der Waals surface area contributed by atoms with Crippen LogP contribution in [-0.2, 0) is 13.5 Å². The lowest BCUT2D eigenvalue weighted by Gasteiger charge is -2.12. The van der Waals surface area contributed by atoms with E-state index in [1.54, 1.807) is 4.68 Å². The summed E-state index contributed by atoms with van der Waals surface area (Å²) in [5, 5.41) is 8.55. The summed E-state index contributed by atoms with van der Waals surface area (Å²) in [4.78, 5) is 0. The van der Waals surface area contributed by atoms with E-state index in [1.165, 1.54) is 0 Å². The number of nitrogens with two attached hydrogens (primary N) is 1. The lowest BCUT2D eigenvalue weighted by molar-refractivity contribution is 0.694. The van der Waals surface area contributed by atoms with Crippen molar-refractivity contribution >= 4 is 27.5 Å². The first-order valence-electron chi connectivity index (χ1n) is 5.12. The first-order valence-corrected chi connectivity index (χ1v) is 6.29. The van der Waals surface area contributed by atoms with Gasteiger partial charge in [-0.2, -0.15) is 0 Å². The fraction of sp³-hybridized carbons (Fsp3) is 0.273. The summed E-state index contributed by atoms with van der Waals surface area (Å²) in [6.45, 7) is 0. The fourth-order valence-electron chi connectivity index (χ4n) is 1.62. The standard InChI is InChI=1S/C11H12BrClN4/c1-17-6-8(15-16-17)5-11(14)9-4-7(12)2-3-10(9)13/h2-4,6,11H,5,14H2,1H3. The normalized spacial score (nSPS) is 12.7. The van der Waals surface area contributed by atoms with Crippen molar-refractivity contribution < 1.29 is 0 Å². The highest BCUT2D eigenvalue weighted by molar-refractivity contribution is 9.10. The van der Waals surface area contributed by atoms with Crippen LogP contribution < -0.4 is 5.73 Å². The summed E-state index contributed by atoms with van der Waals surface area (Å²) < 4.78 is 2.62. The van der Waals surface area contributed by atoms with Crippen LogP contribution in [0.5, 0.6) is 0 Å². The molecule has 4 nitrogen and oxygen atoms in total. The molecule has 1 aromatic carbocycles. The van der Waals surface area contributed by atoms with Crippen molar-refractivity contribution in [3.8, 4) is 0 Å². The zero-order chi connectivity index (χ0) is 12.4. The van der Waals surface area contributed by atoms with Crippen molar-refractivity contribution in [2.75, 3.05) is 0 Å². The first-order chi connectivity index (χ1) is 8.06. The molecule has 2 N–H and O–H groups in total. The van der Waals surface area contributed by atoms with Crippen molar-refractivity contribution in [2.45, 2.75) is 12.5 Å². The molecular formula is C11H12BrClN4. The van der Waals surface area contributed by atoms with Gasteiger partial charge in [0.1, 0.15) is 0 Å². The quantitative estimate of drug-likeness (QED) is 0.946. The van der Waals surface area contributed by atoms with Gasteiger partial charge in [-0.15, -0.1) is 5.10 Å². The Morgan fingerprint density at radius 1 is 1.53 bits per heavy atom. The van der Waals surface area contributed by atoms with E-state index in [0.29, 0.717) is 11.4 Å². The van der Waals surface area contributed by atoms with Crippen molar-refractivity contribution in [1.29, 1.82) is 0 Å². The Labute approximate surface area is 113 Å². The minimum absolute atomic E-state index is 0.184. The molecule has 0 fully saturated rings. The average Bonchev–Trinajstić information content (AvgIpc) is 2.67. The van der Waals surface area contributed by atoms with Crippen molar-refractivity contribution in [3.05, 3.63) is 45.1 Å². The van der Waals surface area contributed by atoms with Gasteiger partial charge < -0.3 is 5.73 Å². The molecule has 1 heterocycles. The topological polar surface area (TPSA) is 56.7 Å². The van der Waals surface area contributed by atoms with E-state index in [9.17, 15) is 0 Å². The summed E-state index contributed by atoms with van der Waals surface area (Å²) in [6, 6.07) is 5.47. The molecule has 0 radical (unpaired) electrons. The Bertz CT molecular complexity index is 526. The summed E-state index contributed by atoms with van der Waals surface area (Å²) in [7, 11) is 1.83. The van der Waals surface area contributed by atoms with E-state index in [1.807, 2.05) is 31.4 Å². The molecule has 6 heteroatoms. The molecule has 1 unspecified atom stereocenters. The second kappa shape index (κ2) is 5.16. The van der Waals surface area contributed by atoms with Crippen molar-refractivity contribution in [1.82, 2.24) is 15.0 Å². The van der Waals surface area contributed by atoms with Gasteiger partial charge in [-0.05, 0) is 23.8 Å². The SMILES string of the molecule is Cn1cc(CC(N)c2cc(Br)ccc2Cl)nn1. The molecule has 0 saturated carbocycles. The molecule has 1 aromatic heterocycles. The molecule has 90 valence electrons. The second-order valence-electron chi connectivity index (χ2n) is 3.86. The van der Waals surface area contributed by atoms with E-state index in [2.05, 4.69) is 26.2 Å². The molecule has 0 aliphatic heterocycles. The fourth-order valence-corrected chi connectivity index (χ4v) is 2.26. The Morgan fingerprint density at radius 3 is 2.94 bits per heavy atom. The smallest absolute Gasteiger partial charge is 0.0845 e. The van der Waals surface area contributed by atoms with Crippen LogP contribution in [0.25, 0.3) is 0 Å². The van der Waals surface area contributed by atoms with Gasteiger partial charge in [-0.1, -0.05) is 32.7 Å². The summed E-state index contributed by atoms with van der Waals surface area (Å²) in [5.74, 6) is 0. The molecule has 1 atom stereocenters. The zero-order valence-corrected chi connectivity index (χ0v) is 11.6. The van der Waals surface area contributed by atoms with Gasteiger partial charge in [0.15, 0.2) is 0 Å². The summed E-state index contributed by atoms with van der Waals surface area (Å²) in [6.07, 6.45) is 2.47. The average molecular weight is 316 g/mol. The Balaban J connectivity index is 2.19. The third kappa shape index (κ3) is 3.06. The predicted molar refractivity (Wildman–Crippen MR) is 70.8 cm³/mol. The van der Waals surface area contributed by atoms with E-state index >= 15 is 0 Å². The molecule has 0 aliphatic carbocycles. The van der Waals surface area contributed by atoms with Crippen LogP contribution >= 0.6 is 27.5 Å². The van der Waals surface area contributed by atoms with Crippen LogP contribution in [0.1, 0.15) is 17.3 Å². The van der Waals surface area contributed by atoms with Crippen molar-refractivity contribution in [2.24, 2.45) is 12.8 Å². The number of aryl methyl sites for hydroxylation is 1. The molecule has 0 bridgehead atoms. The molecule has 2 rings (SSSR count). The highest BCUT2D eigenvalue weighted by Crippen LogP contribution is 2.26. The molecule has 0 spiro atoms. The highest BCUT2D eigenvalue weighted by Gasteiger charge is 2.13. The number of aromatic nitrogens is 3. The zero-order valence-electron chi connectivity index (χ0n) is 9.27. The lowest BCUT2D eigenvalue weighted by Crippen LogP contribution is -2.14. The molecular weight excluding hydrogens is 304 g/mol.